The Morgan fingerprint density at radius 3 is 2.54 bits per heavy atom. The number of benzene rings is 2. The molecule has 0 fully saturated rings. The van der Waals surface area contributed by atoms with Crippen molar-refractivity contribution in [2.75, 3.05) is 5.73 Å². The smallest absolute Gasteiger partial charge is 0.429 e. The van der Waals surface area contributed by atoms with E-state index in [0.29, 0.717) is 26.9 Å². The van der Waals surface area contributed by atoms with Gasteiger partial charge in [0.05, 0.1) is 22.3 Å². The predicted molar refractivity (Wildman–Crippen MR) is 96.6 cm³/mol. The summed E-state index contributed by atoms with van der Waals surface area (Å²) in [6.07, 6.45) is -1.18. The molecule has 2 aromatic carbocycles. The van der Waals surface area contributed by atoms with Gasteiger partial charge in [-0.05, 0) is 17.7 Å². The van der Waals surface area contributed by atoms with E-state index in [9.17, 15) is 15.0 Å². The van der Waals surface area contributed by atoms with E-state index in [1.165, 1.54) is 6.07 Å². The lowest BCUT2D eigenvalue weighted by atomic mass is 9.99. The molecule has 26 heavy (non-hydrogen) atoms. The summed E-state index contributed by atoms with van der Waals surface area (Å²) in [7, 11) is 0. The van der Waals surface area contributed by atoms with E-state index in [2.05, 4.69) is 9.82 Å². The van der Waals surface area contributed by atoms with Crippen LogP contribution < -0.4 is 16.3 Å². The second-order valence-electron chi connectivity index (χ2n) is 5.69. The van der Waals surface area contributed by atoms with Gasteiger partial charge in [-0.25, -0.2) is 9.78 Å². The van der Waals surface area contributed by atoms with Crippen LogP contribution in [0.25, 0.3) is 32.9 Å². The first-order valence-electron chi connectivity index (χ1n) is 7.66. The molecular formula is C18H14N4O4. The number of carbonyl (C=O) groups is 1. The first kappa shape index (κ1) is 15.6. The number of fused-ring (bicyclic) bond motifs is 2. The number of carbonyl (C=O) groups excluding carboxylic acids is 1. The molecule has 0 bridgehead atoms. The van der Waals surface area contributed by atoms with E-state index in [-0.39, 0.29) is 5.56 Å². The number of nitrogens with zero attached hydrogens (tertiary/aromatic N) is 2. The maximum Gasteiger partial charge on any atom is 0.429 e. The van der Waals surface area contributed by atoms with Crippen LogP contribution in [0.2, 0.25) is 0 Å². The topological polar surface area (TPSA) is 137 Å². The fourth-order valence-electron chi connectivity index (χ4n) is 3.05. The largest absolute Gasteiger partial charge is 0.492 e. The van der Waals surface area contributed by atoms with Crippen molar-refractivity contribution in [1.29, 1.82) is 0 Å². The lowest BCUT2D eigenvalue weighted by molar-refractivity contribution is 0.117. The summed E-state index contributed by atoms with van der Waals surface area (Å²) < 4.78 is 0.543. The van der Waals surface area contributed by atoms with Gasteiger partial charge in [-0.2, -0.15) is 0 Å². The molecule has 1 amide bonds. The average Bonchev–Trinajstić information content (AvgIpc) is 2.89. The van der Waals surface area contributed by atoms with Crippen molar-refractivity contribution in [3.05, 3.63) is 48.5 Å². The first-order chi connectivity index (χ1) is 12.5. The van der Waals surface area contributed by atoms with Crippen LogP contribution in [-0.2, 0) is 0 Å². The molecule has 4 rings (SSSR count). The zero-order chi connectivity index (χ0) is 18.4. The van der Waals surface area contributed by atoms with Gasteiger partial charge in [0.25, 0.3) is 0 Å². The van der Waals surface area contributed by atoms with E-state index < -0.39 is 17.9 Å². The fourth-order valence-corrected chi connectivity index (χ4v) is 3.05. The molecule has 0 saturated heterocycles. The normalized spacial score (nSPS) is 11.1. The summed E-state index contributed by atoms with van der Waals surface area (Å²) in [5.74, 6) is -0.970. The summed E-state index contributed by atoms with van der Waals surface area (Å²) in [5.41, 5.74) is 13.9. The molecule has 6 N–H and O–H groups in total. The number of hydrogen-bond donors (Lipinski definition) is 4. The molecule has 0 atom stereocenters. The Bertz CT molecular complexity index is 1180. The highest BCUT2D eigenvalue weighted by Gasteiger charge is 2.21. The van der Waals surface area contributed by atoms with Gasteiger partial charge in [0.1, 0.15) is 0 Å². The number of aromatic nitrogens is 2. The van der Waals surface area contributed by atoms with Crippen molar-refractivity contribution in [3.8, 4) is 22.9 Å². The fraction of sp³-hybridized carbons (Fsp3) is 0. The Kier molecular flexibility index (Phi) is 3.33. The maximum absolute atomic E-state index is 11.0. The Hall–Kier alpha value is -3.94. The van der Waals surface area contributed by atoms with Crippen molar-refractivity contribution in [3.63, 3.8) is 0 Å². The third kappa shape index (κ3) is 2.24. The number of amides is 1. The average molecular weight is 350 g/mol. The Morgan fingerprint density at radius 2 is 1.77 bits per heavy atom. The van der Waals surface area contributed by atoms with Crippen LogP contribution in [0.3, 0.4) is 0 Å². The van der Waals surface area contributed by atoms with Gasteiger partial charge < -0.3 is 26.5 Å². The summed E-state index contributed by atoms with van der Waals surface area (Å²) in [6, 6.07) is 14.0. The molecule has 0 aliphatic rings. The highest BCUT2D eigenvalue weighted by atomic mass is 16.7. The number of primary amides is 1. The molecule has 2 heterocycles. The van der Waals surface area contributed by atoms with Crippen LogP contribution in [0.4, 0.5) is 10.5 Å². The first-order valence-corrected chi connectivity index (χ1v) is 7.66. The number of nitrogens with two attached hydrogens (primary N) is 2. The van der Waals surface area contributed by atoms with Gasteiger partial charge >= 0.3 is 6.09 Å². The molecule has 0 aliphatic carbocycles. The van der Waals surface area contributed by atoms with Crippen LogP contribution in [0.5, 0.6) is 11.8 Å². The standard InChI is InChI=1S/C18H14N4O4/c19-16-10-4-1-2-6-12(10)21-13-7-3-5-9(15(13)16)11-8-14(23)22(17(11)24)26-18(20)25/h1-8,23-24H,(H2,19,21)(H2,20,25). The number of para-hydroxylation sites is 1. The van der Waals surface area contributed by atoms with Gasteiger partial charge in [-0.1, -0.05) is 30.3 Å². The highest BCUT2D eigenvalue weighted by Crippen LogP contribution is 2.41. The summed E-state index contributed by atoms with van der Waals surface area (Å²) in [4.78, 5) is 20.2. The monoisotopic (exact) mass is 350 g/mol. The molecule has 8 nitrogen and oxygen atoms in total. The molecule has 0 spiro atoms. The second-order valence-corrected chi connectivity index (χ2v) is 5.69. The number of anilines is 1. The number of pyridine rings is 1. The minimum Gasteiger partial charge on any atom is -0.492 e. The van der Waals surface area contributed by atoms with E-state index in [1.54, 1.807) is 18.2 Å². The third-order valence-electron chi connectivity index (χ3n) is 4.13. The van der Waals surface area contributed by atoms with Crippen LogP contribution in [-0.4, -0.2) is 26.0 Å². The molecule has 0 unspecified atom stereocenters. The van der Waals surface area contributed by atoms with Crippen molar-refractivity contribution in [2.45, 2.75) is 0 Å². The minimum atomic E-state index is -1.18. The van der Waals surface area contributed by atoms with Crippen LogP contribution >= 0.6 is 0 Å². The Balaban J connectivity index is 2.04. The summed E-state index contributed by atoms with van der Waals surface area (Å²) >= 11 is 0. The van der Waals surface area contributed by atoms with Gasteiger partial charge in [0.15, 0.2) is 0 Å². The van der Waals surface area contributed by atoms with E-state index in [1.807, 2.05) is 24.3 Å². The summed E-state index contributed by atoms with van der Waals surface area (Å²) in [5, 5.41) is 21.7. The van der Waals surface area contributed by atoms with Gasteiger partial charge in [0, 0.05) is 16.8 Å². The molecule has 2 aromatic heterocycles. The number of hydrogen-bond acceptors (Lipinski definition) is 6. The minimum absolute atomic E-state index is 0.220. The lowest BCUT2D eigenvalue weighted by Crippen LogP contribution is -2.24. The lowest BCUT2D eigenvalue weighted by Gasteiger charge is -2.11. The van der Waals surface area contributed by atoms with Crippen LogP contribution in [0.15, 0.2) is 48.5 Å². The molecule has 0 aliphatic heterocycles. The third-order valence-corrected chi connectivity index (χ3v) is 4.13. The Morgan fingerprint density at radius 1 is 1.04 bits per heavy atom. The molecule has 130 valence electrons. The molecular weight excluding hydrogens is 336 g/mol. The van der Waals surface area contributed by atoms with Gasteiger partial charge in [-0.3, -0.25) is 0 Å². The van der Waals surface area contributed by atoms with Gasteiger partial charge in [0.2, 0.25) is 11.8 Å². The van der Waals surface area contributed by atoms with Crippen LogP contribution in [0.1, 0.15) is 0 Å². The van der Waals surface area contributed by atoms with Crippen molar-refractivity contribution >= 4 is 33.6 Å². The van der Waals surface area contributed by atoms with Crippen molar-refractivity contribution < 1.29 is 19.8 Å². The van der Waals surface area contributed by atoms with E-state index in [4.69, 9.17) is 11.5 Å². The van der Waals surface area contributed by atoms with Crippen LogP contribution in [0, 0.1) is 0 Å². The maximum atomic E-state index is 11.0. The number of aromatic hydroxyl groups is 2. The molecule has 0 radical (unpaired) electrons. The molecule has 4 aromatic rings. The molecule has 0 saturated carbocycles. The van der Waals surface area contributed by atoms with E-state index >= 15 is 0 Å². The zero-order valence-corrected chi connectivity index (χ0v) is 13.4. The molecule has 8 heteroatoms. The van der Waals surface area contributed by atoms with E-state index in [0.717, 1.165) is 10.9 Å². The quantitative estimate of drug-likeness (QED) is 0.410. The Labute approximate surface area is 146 Å². The predicted octanol–water partition coefficient (Wildman–Crippen LogP) is 2.36. The zero-order valence-electron chi connectivity index (χ0n) is 13.4. The number of rotatable bonds is 2. The van der Waals surface area contributed by atoms with Crippen molar-refractivity contribution in [2.24, 2.45) is 5.73 Å². The highest BCUT2D eigenvalue weighted by molar-refractivity contribution is 6.12. The number of nitrogen functional groups attached to an aromatic ring is 1. The SMILES string of the molecule is NC(=O)On1c(O)cc(-c2cccc3nc4ccccc4c(N)c23)c1O. The van der Waals surface area contributed by atoms with Gasteiger partial charge in [-0.15, -0.1) is 4.73 Å². The van der Waals surface area contributed by atoms with Crippen molar-refractivity contribution in [1.82, 2.24) is 9.71 Å². The summed E-state index contributed by atoms with van der Waals surface area (Å²) in [6.45, 7) is 0. The second kappa shape index (κ2) is 5.55.